The van der Waals surface area contributed by atoms with Gasteiger partial charge >= 0.3 is 0 Å². The Bertz CT molecular complexity index is 1070. The molecule has 3 aromatic rings. The normalized spacial score (nSPS) is 15.2. The summed E-state index contributed by atoms with van der Waals surface area (Å²) in [5.74, 6) is 0.358. The van der Waals surface area contributed by atoms with E-state index in [4.69, 9.17) is 0 Å². The number of hydrogen-bond donors (Lipinski definition) is 1. The summed E-state index contributed by atoms with van der Waals surface area (Å²) < 4.78 is 28.7. The summed E-state index contributed by atoms with van der Waals surface area (Å²) in [4.78, 5) is 20.9. The second-order valence-electron chi connectivity index (χ2n) is 6.82. The van der Waals surface area contributed by atoms with Gasteiger partial charge in [-0.15, -0.1) is 0 Å². The monoisotopic (exact) mass is 411 g/mol. The Balaban J connectivity index is 1.44. The molecule has 0 spiro atoms. The topological polar surface area (TPSA) is 97.2 Å². The first-order valence-electron chi connectivity index (χ1n) is 9.40. The van der Waals surface area contributed by atoms with Crippen molar-refractivity contribution in [2.75, 3.05) is 18.4 Å². The molecule has 4 rings (SSSR count). The van der Waals surface area contributed by atoms with Gasteiger partial charge in [-0.1, -0.05) is 6.42 Å². The van der Waals surface area contributed by atoms with Crippen LogP contribution in [-0.2, 0) is 10.0 Å². The molecule has 0 bridgehead atoms. The van der Waals surface area contributed by atoms with E-state index in [0.717, 1.165) is 19.3 Å². The summed E-state index contributed by atoms with van der Waals surface area (Å²) in [5.41, 5.74) is 0.921. The Morgan fingerprint density at radius 3 is 2.38 bits per heavy atom. The SMILES string of the molecule is O=C(Nc1ccc(-n2ccnc2)nc1)c1ccc(S(=O)(=O)N2CCCCC2)cc1. The molecule has 1 aliphatic rings. The molecule has 1 aromatic carbocycles. The van der Waals surface area contributed by atoms with E-state index in [1.54, 1.807) is 41.6 Å². The molecule has 0 radical (unpaired) electrons. The number of pyridine rings is 1. The van der Waals surface area contributed by atoms with E-state index in [9.17, 15) is 13.2 Å². The molecular formula is C20H21N5O3S. The third-order valence-corrected chi connectivity index (χ3v) is 6.76. The van der Waals surface area contributed by atoms with Crippen LogP contribution in [0, 0.1) is 0 Å². The molecule has 0 saturated carbocycles. The Kier molecular flexibility index (Phi) is 5.41. The van der Waals surface area contributed by atoms with E-state index in [0.29, 0.717) is 30.2 Å². The van der Waals surface area contributed by atoms with Crippen LogP contribution in [0.1, 0.15) is 29.6 Å². The number of carbonyl (C=O) groups excluding carboxylic acids is 1. The fourth-order valence-corrected chi connectivity index (χ4v) is 4.76. The Labute approximate surface area is 169 Å². The minimum Gasteiger partial charge on any atom is -0.321 e. The number of hydrogen-bond acceptors (Lipinski definition) is 5. The van der Waals surface area contributed by atoms with Crippen molar-refractivity contribution in [1.82, 2.24) is 18.8 Å². The van der Waals surface area contributed by atoms with Gasteiger partial charge in [0.05, 0.1) is 16.8 Å². The molecule has 0 unspecified atom stereocenters. The van der Waals surface area contributed by atoms with Gasteiger partial charge in [-0.25, -0.2) is 18.4 Å². The van der Waals surface area contributed by atoms with E-state index in [2.05, 4.69) is 15.3 Å². The van der Waals surface area contributed by atoms with Gasteiger partial charge in [0, 0.05) is 31.0 Å². The maximum absolute atomic E-state index is 12.7. The molecule has 3 heterocycles. The zero-order valence-corrected chi connectivity index (χ0v) is 16.5. The van der Waals surface area contributed by atoms with Crippen molar-refractivity contribution in [2.45, 2.75) is 24.2 Å². The van der Waals surface area contributed by atoms with E-state index in [1.807, 2.05) is 0 Å². The summed E-state index contributed by atoms with van der Waals surface area (Å²) in [6.07, 6.45) is 9.46. The van der Waals surface area contributed by atoms with Crippen molar-refractivity contribution >= 4 is 21.6 Å². The third kappa shape index (κ3) is 4.20. The van der Waals surface area contributed by atoms with Crippen LogP contribution in [0.3, 0.4) is 0 Å². The number of carbonyl (C=O) groups is 1. The van der Waals surface area contributed by atoms with Gasteiger partial charge in [0.1, 0.15) is 12.1 Å². The second kappa shape index (κ2) is 8.14. The van der Waals surface area contributed by atoms with Crippen molar-refractivity contribution in [1.29, 1.82) is 0 Å². The molecule has 1 N–H and O–H groups in total. The maximum Gasteiger partial charge on any atom is 0.255 e. The predicted octanol–water partition coefficient (Wildman–Crippen LogP) is 2.69. The highest BCUT2D eigenvalue weighted by atomic mass is 32.2. The van der Waals surface area contributed by atoms with Gasteiger partial charge < -0.3 is 5.32 Å². The van der Waals surface area contributed by atoms with Crippen LogP contribution >= 0.6 is 0 Å². The number of sulfonamides is 1. The lowest BCUT2D eigenvalue weighted by atomic mass is 10.2. The lowest BCUT2D eigenvalue weighted by Gasteiger charge is -2.25. The number of piperidine rings is 1. The molecule has 0 atom stereocenters. The van der Waals surface area contributed by atoms with Crippen LogP contribution in [0.25, 0.3) is 5.82 Å². The number of nitrogens with zero attached hydrogens (tertiary/aromatic N) is 4. The minimum absolute atomic E-state index is 0.210. The molecule has 1 aliphatic heterocycles. The highest BCUT2D eigenvalue weighted by Gasteiger charge is 2.25. The molecule has 1 saturated heterocycles. The van der Waals surface area contributed by atoms with Gasteiger partial charge in [-0.2, -0.15) is 4.31 Å². The largest absolute Gasteiger partial charge is 0.321 e. The first kappa shape index (κ1) is 19.3. The summed E-state index contributed by atoms with van der Waals surface area (Å²) >= 11 is 0. The van der Waals surface area contributed by atoms with Crippen LogP contribution in [0.2, 0.25) is 0 Å². The number of imidazole rings is 1. The van der Waals surface area contributed by atoms with Crippen molar-refractivity contribution in [3.05, 3.63) is 66.9 Å². The van der Waals surface area contributed by atoms with Gasteiger partial charge in [0.15, 0.2) is 0 Å². The average molecular weight is 411 g/mol. The molecule has 8 nitrogen and oxygen atoms in total. The summed E-state index contributed by atoms with van der Waals surface area (Å²) in [7, 11) is -3.51. The van der Waals surface area contributed by atoms with Crippen molar-refractivity contribution < 1.29 is 13.2 Å². The summed E-state index contributed by atoms with van der Waals surface area (Å²) in [5, 5.41) is 2.77. The van der Waals surface area contributed by atoms with Crippen LogP contribution in [0.15, 0.2) is 66.2 Å². The number of anilines is 1. The number of rotatable bonds is 5. The van der Waals surface area contributed by atoms with Crippen LogP contribution in [-0.4, -0.2) is 46.3 Å². The number of benzene rings is 1. The quantitative estimate of drug-likeness (QED) is 0.696. The van der Waals surface area contributed by atoms with E-state index in [1.165, 1.54) is 28.6 Å². The number of aromatic nitrogens is 3. The standard InChI is InChI=1S/C20H21N5O3S/c26-20(23-17-6-9-19(22-14-17)24-13-10-21-15-24)16-4-7-18(8-5-16)29(27,28)25-11-2-1-3-12-25/h4-10,13-15H,1-3,11-12H2,(H,23,26). The maximum atomic E-state index is 12.7. The lowest BCUT2D eigenvalue weighted by molar-refractivity contribution is 0.102. The fourth-order valence-electron chi connectivity index (χ4n) is 3.24. The van der Waals surface area contributed by atoms with Crippen molar-refractivity contribution in [3.63, 3.8) is 0 Å². The van der Waals surface area contributed by atoms with Gasteiger partial charge in [0.25, 0.3) is 5.91 Å². The second-order valence-corrected chi connectivity index (χ2v) is 8.76. The summed E-state index contributed by atoms with van der Waals surface area (Å²) in [6.45, 7) is 1.10. The first-order chi connectivity index (χ1) is 14.0. The third-order valence-electron chi connectivity index (χ3n) is 4.84. The molecule has 0 aliphatic carbocycles. The minimum atomic E-state index is -3.51. The molecule has 2 aromatic heterocycles. The molecule has 150 valence electrons. The molecule has 1 fully saturated rings. The summed E-state index contributed by atoms with van der Waals surface area (Å²) in [6, 6.07) is 9.54. The highest BCUT2D eigenvalue weighted by molar-refractivity contribution is 7.89. The van der Waals surface area contributed by atoms with Crippen molar-refractivity contribution in [2.24, 2.45) is 0 Å². The molecule has 29 heavy (non-hydrogen) atoms. The Morgan fingerprint density at radius 1 is 1.00 bits per heavy atom. The smallest absolute Gasteiger partial charge is 0.255 e. The molecule has 9 heteroatoms. The first-order valence-corrected chi connectivity index (χ1v) is 10.8. The van der Waals surface area contributed by atoms with Gasteiger partial charge in [-0.05, 0) is 49.2 Å². The number of nitrogens with one attached hydrogen (secondary N) is 1. The molecule has 1 amide bonds. The lowest BCUT2D eigenvalue weighted by Crippen LogP contribution is -2.35. The highest BCUT2D eigenvalue weighted by Crippen LogP contribution is 2.21. The fraction of sp³-hybridized carbons (Fsp3) is 0.250. The van der Waals surface area contributed by atoms with Gasteiger partial charge in [0.2, 0.25) is 10.0 Å². The van der Waals surface area contributed by atoms with E-state index < -0.39 is 10.0 Å². The van der Waals surface area contributed by atoms with E-state index in [-0.39, 0.29) is 10.8 Å². The Hall–Kier alpha value is -3.04. The zero-order valence-electron chi connectivity index (χ0n) is 15.7. The van der Waals surface area contributed by atoms with Crippen LogP contribution < -0.4 is 5.32 Å². The zero-order chi connectivity index (χ0) is 20.3. The van der Waals surface area contributed by atoms with Gasteiger partial charge in [-0.3, -0.25) is 9.36 Å². The number of amides is 1. The van der Waals surface area contributed by atoms with Crippen molar-refractivity contribution in [3.8, 4) is 5.82 Å². The predicted molar refractivity (Wildman–Crippen MR) is 108 cm³/mol. The van der Waals surface area contributed by atoms with Crippen LogP contribution in [0.5, 0.6) is 0 Å². The average Bonchev–Trinajstić information content (AvgIpc) is 3.30. The van der Waals surface area contributed by atoms with E-state index >= 15 is 0 Å². The Morgan fingerprint density at radius 2 is 1.76 bits per heavy atom. The van der Waals surface area contributed by atoms with Crippen LogP contribution in [0.4, 0.5) is 5.69 Å². The molecular weight excluding hydrogens is 390 g/mol.